The SMILES string of the molecule is C#CC1=C(F)CCCC(CC)=C1.CC.CC. The zero-order valence-corrected chi connectivity index (χ0v) is 11.4. The van der Waals surface area contributed by atoms with Crippen LogP contribution >= 0.6 is 0 Å². The molecule has 0 bridgehead atoms. The molecule has 0 fully saturated rings. The molecule has 0 N–H and O–H groups in total. The Labute approximate surface area is 101 Å². The lowest BCUT2D eigenvalue weighted by Crippen LogP contribution is -1.79. The highest BCUT2D eigenvalue weighted by Gasteiger charge is 2.08. The van der Waals surface area contributed by atoms with Crippen molar-refractivity contribution in [2.24, 2.45) is 0 Å². The zero-order chi connectivity index (χ0) is 13.0. The van der Waals surface area contributed by atoms with Crippen LogP contribution in [0.2, 0.25) is 0 Å². The van der Waals surface area contributed by atoms with Gasteiger partial charge in [0.25, 0.3) is 0 Å². The molecule has 0 saturated heterocycles. The highest BCUT2D eigenvalue weighted by molar-refractivity contribution is 5.41. The molecule has 1 aliphatic rings. The monoisotopic (exact) mass is 224 g/mol. The summed E-state index contributed by atoms with van der Waals surface area (Å²) in [7, 11) is 0. The molecule has 1 aliphatic carbocycles. The molecule has 0 amide bonds. The largest absolute Gasteiger partial charge is 0.210 e. The van der Waals surface area contributed by atoms with Crippen LogP contribution in [0, 0.1) is 12.3 Å². The Morgan fingerprint density at radius 1 is 1.25 bits per heavy atom. The molecular formula is C15H25F. The second-order valence-corrected chi connectivity index (χ2v) is 2.97. The van der Waals surface area contributed by atoms with Crippen LogP contribution < -0.4 is 0 Å². The van der Waals surface area contributed by atoms with Crippen LogP contribution in [0.25, 0.3) is 0 Å². The standard InChI is InChI=1S/C11H13F.2C2H6/c1-3-9-6-5-7-11(12)10(4-2)8-9;2*1-2/h2,8H,3,5-7H2,1H3;2*1-2H3. The summed E-state index contributed by atoms with van der Waals surface area (Å²) in [4.78, 5) is 0. The van der Waals surface area contributed by atoms with Gasteiger partial charge in [-0.15, -0.1) is 6.42 Å². The van der Waals surface area contributed by atoms with Crippen molar-refractivity contribution in [3.05, 3.63) is 23.0 Å². The fourth-order valence-electron chi connectivity index (χ4n) is 1.36. The Morgan fingerprint density at radius 2 is 1.81 bits per heavy atom. The Balaban J connectivity index is 0. The molecule has 0 unspecified atom stereocenters. The van der Waals surface area contributed by atoms with Gasteiger partial charge in [-0.3, -0.25) is 0 Å². The molecule has 0 nitrogen and oxygen atoms in total. The van der Waals surface area contributed by atoms with Crippen molar-refractivity contribution in [1.82, 2.24) is 0 Å². The van der Waals surface area contributed by atoms with Crippen molar-refractivity contribution >= 4 is 0 Å². The van der Waals surface area contributed by atoms with Crippen molar-refractivity contribution in [3.8, 4) is 12.3 Å². The maximum Gasteiger partial charge on any atom is 0.115 e. The summed E-state index contributed by atoms with van der Waals surface area (Å²) in [6.07, 6.45) is 10.3. The minimum atomic E-state index is -0.124. The highest BCUT2D eigenvalue weighted by atomic mass is 19.1. The van der Waals surface area contributed by atoms with Crippen LogP contribution in [0.3, 0.4) is 0 Å². The Morgan fingerprint density at radius 3 is 2.25 bits per heavy atom. The molecule has 0 aromatic heterocycles. The van der Waals surface area contributed by atoms with Crippen molar-refractivity contribution in [2.45, 2.75) is 60.3 Å². The molecule has 0 atom stereocenters. The van der Waals surface area contributed by atoms with E-state index in [9.17, 15) is 4.39 Å². The van der Waals surface area contributed by atoms with E-state index in [4.69, 9.17) is 6.42 Å². The van der Waals surface area contributed by atoms with Gasteiger partial charge in [-0.05, 0) is 25.3 Å². The van der Waals surface area contributed by atoms with Crippen LogP contribution in [0.5, 0.6) is 0 Å². The molecule has 0 radical (unpaired) electrons. The molecule has 0 heterocycles. The first-order valence-corrected chi connectivity index (χ1v) is 6.32. The fraction of sp³-hybridized carbons (Fsp3) is 0.600. The molecule has 92 valence electrons. The molecule has 0 spiro atoms. The molecule has 1 rings (SSSR count). The predicted molar refractivity (Wildman–Crippen MR) is 71.9 cm³/mol. The van der Waals surface area contributed by atoms with E-state index in [1.54, 1.807) is 0 Å². The highest BCUT2D eigenvalue weighted by Crippen LogP contribution is 2.24. The molecule has 16 heavy (non-hydrogen) atoms. The van der Waals surface area contributed by atoms with E-state index in [1.807, 2.05) is 33.8 Å². The van der Waals surface area contributed by atoms with Gasteiger partial charge in [-0.25, -0.2) is 4.39 Å². The summed E-state index contributed by atoms with van der Waals surface area (Å²) in [5.74, 6) is 2.26. The summed E-state index contributed by atoms with van der Waals surface area (Å²) in [6, 6.07) is 0. The number of rotatable bonds is 1. The van der Waals surface area contributed by atoms with E-state index < -0.39 is 0 Å². The smallest absolute Gasteiger partial charge is 0.115 e. The molecular weight excluding hydrogens is 199 g/mol. The maximum absolute atomic E-state index is 13.1. The van der Waals surface area contributed by atoms with Gasteiger partial charge in [0.15, 0.2) is 0 Å². The van der Waals surface area contributed by atoms with Gasteiger partial charge in [0.1, 0.15) is 5.83 Å². The van der Waals surface area contributed by atoms with E-state index in [1.165, 1.54) is 5.57 Å². The molecule has 0 saturated carbocycles. The fourth-order valence-corrected chi connectivity index (χ4v) is 1.36. The van der Waals surface area contributed by atoms with Crippen LogP contribution in [0.1, 0.15) is 60.3 Å². The average molecular weight is 224 g/mol. The van der Waals surface area contributed by atoms with Crippen LogP contribution in [-0.4, -0.2) is 0 Å². The predicted octanol–water partition coefficient (Wildman–Crippen LogP) is 5.42. The third kappa shape index (κ3) is 6.45. The summed E-state index contributed by atoms with van der Waals surface area (Å²) in [5, 5.41) is 0. The third-order valence-corrected chi connectivity index (χ3v) is 2.14. The summed E-state index contributed by atoms with van der Waals surface area (Å²) >= 11 is 0. The Hall–Kier alpha value is -1.03. The van der Waals surface area contributed by atoms with E-state index in [2.05, 4.69) is 12.8 Å². The number of terminal acetylenes is 1. The summed E-state index contributed by atoms with van der Waals surface area (Å²) < 4.78 is 13.1. The van der Waals surface area contributed by atoms with Crippen LogP contribution in [0.15, 0.2) is 23.0 Å². The minimum absolute atomic E-state index is 0.124. The average Bonchev–Trinajstić information content (AvgIpc) is 2.55. The second kappa shape index (κ2) is 12.0. The molecule has 0 aromatic carbocycles. The number of hydrogen-bond donors (Lipinski definition) is 0. The lowest BCUT2D eigenvalue weighted by Gasteiger charge is -1.98. The van der Waals surface area contributed by atoms with Gasteiger partial charge in [-0.2, -0.15) is 0 Å². The number of halogens is 1. The van der Waals surface area contributed by atoms with E-state index in [0.29, 0.717) is 12.0 Å². The normalized spacial score (nSPS) is 14.4. The van der Waals surface area contributed by atoms with Crippen molar-refractivity contribution in [3.63, 3.8) is 0 Å². The zero-order valence-electron chi connectivity index (χ0n) is 11.4. The van der Waals surface area contributed by atoms with E-state index in [0.717, 1.165) is 19.3 Å². The van der Waals surface area contributed by atoms with Crippen LogP contribution in [0.4, 0.5) is 4.39 Å². The number of hydrogen-bond acceptors (Lipinski definition) is 0. The van der Waals surface area contributed by atoms with Crippen molar-refractivity contribution in [1.29, 1.82) is 0 Å². The summed E-state index contributed by atoms with van der Waals surface area (Å²) in [5.41, 5.74) is 1.71. The van der Waals surface area contributed by atoms with E-state index in [-0.39, 0.29) is 5.83 Å². The molecule has 0 aliphatic heterocycles. The van der Waals surface area contributed by atoms with Gasteiger partial charge >= 0.3 is 0 Å². The Bertz CT molecular complexity index is 264. The van der Waals surface area contributed by atoms with E-state index >= 15 is 0 Å². The number of allylic oxidation sites excluding steroid dienone is 4. The first-order chi connectivity index (χ1) is 7.77. The Kier molecular flexibility index (Phi) is 13.1. The van der Waals surface area contributed by atoms with Gasteiger partial charge in [0.2, 0.25) is 0 Å². The van der Waals surface area contributed by atoms with Gasteiger partial charge in [0.05, 0.1) is 5.57 Å². The first-order valence-electron chi connectivity index (χ1n) is 6.32. The summed E-state index contributed by atoms with van der Waals surface area (Å²) in [6.45, 7) is 10.1. The first kappa shape index (κ1) is 17.4. The molecule has 0 aromatic rings. The second-order valence-electron chi connectivity index (χ2n) is 2.97. The van der Waals surface area contributed by atoms with Crippen LogP contribution in [-0.2, 0) is 0 Å². The van der Waals surface area contributed by atoms with Crippen molar-refractivity contribution in [2.75, 3.05) is 0 Å². The lowest BCUT2D eigenvalue weighted by molar-refractivity contribution is 0.572. The topological polar surface area (TPSA) is 0 Å². The lowest BCUT2D eigenvalue weighted by atomic mass is 10.1. The van der Waals surface area contributed by atoms with Gasteiger partial charge in [-0.1, -0.05) is 46.1 Å². The molecule has 1 heteroatoms. The quantitative estimate of drug-likeness (QED) is 0.522. The van der Waals surface area contributed by atoms with Crippen molar-refractivity contribution < 1.29 is 4.39 Å². The maximum atomic E-state index is 13.1. The van der Waals surface area contributed by atoms with Gasteiger partial charge < -0.3 is 0 Å². The third-order valence-electron chi connectivity index (χ3n) is 2.14. The van der Waals surface area contributed by atoms with Gasteiger partial charge in [0, 0.05) is 6.42 Å². The minimum Gasteiger partial charge on any atom is -0.210 e.